The molecule has 1 aliphatic heterocycles. The van der Waals surface area contributed by atoms with Gasteiger partial charge in [0.15, 0.2) is 5.65 Å². The highest BCUT2D eigenvalue weighted by Gasteiger charge is 2.33. The summed E-state index contributed by atoms with van der Waals surface area (Å²) in [5.41, 5.74) is 0.699. The number of nitrogens with zero attached hydrogens (tertiary/aromatic N) is 5. The summed E-state index contributed by atoms with van der Waals surface area (Å²) in [6.07, 6.45) is 0.255. The Bertz CT molecular complexity index is 1230. The molecule has 0 unspecified atom stereocenters. The van der Waals surface area contributed by atoms with E-state index in [2.05, 4.69) is 10.1 Å². The number of benzene rings is 1. The molecule has 31 heavy (non-hydrogen) atoms. The molecule has 1 fully saturated rings. The molecule has 2 aromatic heterocycles. The van der Waals surface area contributed by atoms with Gasteiger partial charge in [0.2, 0.25) is 10.0 Å². The Hall–Kier alpha value is -2.99. The van der Waals surface area contributed by atoms with E-state index in [0.29, 0.717) is 11.2 Å². The van der Waals surface area contributed by atoms with Gasteiger partial charge in [-0.25, -0.2) is 17.9 Å². The first-order valence-corrected chi connectivity index (χ1v) is 10.8. The maximum Gasteiger partial charge on any atom is 0.416 e. The van der Waals surface area contributed by atoms with Crippen molar-refractivity contribution in [2.24, 2.45) is 0 Å². The number of aromatic nitrogens is 3. The van der Waals surface area contributed by atoms with Crippen molar-refractivity contribution in [1.29, 1.82) is 0 Å². The van der Waals surface area contributed by atoms with Crippen molar-refractivity contribution < 1.29 is 26.4 Å². The van der Waals surface area contributed by atoms with Gasteiger partial charge in [0.1, 0.15) is 5.56 Å². The molecule has 4 rings (SSSR count). The molecule has 0 bridgehead atoms. The van der Waals surface area contributed by atoms with Crippen LogP contribution < -0.4 is 0 Å². The molecule has 0 radical (unpaired) electrons. The molecular formula is C19H18F3N5O3S. The van der Waals surface area contributed by atoms with Gasteiger partial charge in [-0.3, -0.25) is 4.79 Å². The second-order valence-corrected chi connectivity index (χ2v) is 9.11. The summed E-state index contributed by atoms with van der Waals surface area (Å²) in [5.74, 6) is -0.307. The Kier molecular flexibility index (Phi) is 5.21. The minimum absolute atomic E-state index is 0.0286. The van der Waals surface area contributed by atoms with E-state index >= 15 is 0 Å². The van der Waals surface area contributed by atoms with Crippen LogP contribution in [0.5, 0.6) is 0 Å². The molecule has 164 valence electrons. The molecular weight excluding hydrogens is 435 g/mol. The summed E-state index contributed by atoms with van der Waals surface area (Å²) >= 11 is 0. The van der Waals surface area contributed by atoms with Crippen LogP contribution in [0.4, 0.5) is 13.2 Å². The highest BCUT2D eigenvalue weighted by molar-refractivity contribution is 7.89. The zero-order valence-corrected chi connectivity index (χ0v) is 17.2. The predicted molar refractivity (Wildman–Crippen MR) is 104 cm³/mol. The SMILES string of the molecule is Cc1cnc2c(C(=O)N3CCN(S(=O)(=O)c4ccc(C(F)(F)F)cc4)CC3)cnn2c1. The monoisotopic (exact) mass is 453 g/mol. The molecule has 3 heterocycles. The number of rotatable bonds is 3. The van der Waals surface area contributed by atoms with Crippen LogP contribution in [0.2, 0.25) is 0 Å². The van der Waals surface area contributed by atoms with E-state index in [1.807, 2.05) is 6.92 Å². The van der Waals surface area contributed by atoms with Gasteiger partial charge in [0.25, 0.3) is 5.91 Å². The summed E-state index contributed by atoms with van der Waals surface area (Å²) in [6, 6.07) is 3.38. The van der Waals surface area contributed by atoms with E-state index in [0.717, 1.165) is 34.1 Å². The van der Waals surface area contributed by atoms with Crippen molar-refractivity contribution in [1.82, 2.24) is 23.8 Å². The van der Waals surface area contributed by atoms with Crippen LogP contribution in [0.25, 0.3) is 5.65 Å². The minimum Gasteiger partial charge on any atom is -0.336 e. The maximum absolute atomic E-state index is 12.9. The molecule has 8 nitrogen and oxygen atoms in total. The van der Waals surface area contributed by atoms with E-state index in [9.17, 15) is 26.4 Å². The second kappa shape index (κ2) is 7.61. The smallest absolute Gasteiger partial charge is 0.336 e. The third kappa shape index (κ3) is 4.00. The highest BCUT2D eigenvalue weighted by atomic mass is 32.2. The quantitative estimate of drug-likeness (QED) is 0.607. The molecule has 0 saturated carbocycles. The Balaban J connectivity index is 1.47. The number of halogens is 3. The first-order chi connectivity index (χ1) is 14.6. The topological polar surface area (TPSA) is 87.9 Å². The molecule has 0 atom stereocenters. The van der Waals surface area contributed by atoms with Crippen LogP contribution in [-0.2, 0) is 16.2 Å². The maximum atomic E-state index is 12.9. The molecule has 3 aromatic rings. The van der Waals surface area contributed by atoms with Crippen LogP contribution in [0.3, 0.4) is 0 Å². The van der Waals surface area contributed by atoms with Gasteiger partial charge >= 0.3 is 6.18 Å². The van der Waals surface area contributed by atoms with Crippen LogP contribution in [-0.4, -0.2) is 64.3 Å². The fourth-order valence-corrected chi connectivity index (χ4v) is 4.81. The predicted octanol–water partition coefficient (Wildman–Crippen LogP) is 2.20. The normalized spacial score (nSPS) is 16.1. The van der Waals surface area contributed by atoms with Gasteiger partial charge < -0.3 is 4.90 Å². The number of aryl methyl sites for hydroxylation is 1. The molecule has 12 heteroatoms. The summed E-state index contributed by atoms with van der Waals surface area (Å²) in [7, 11) is -3.97. The molecule has 0 aliphatic carbocycles. The van der Waals surface area contributed by atoms with Crippen molar-refractivity contribution >= 4 is 21.6 Å². The Morgan fingerprint density at radius 3 is 2.29 bits per heavy atom. The van der Waals surface area contributed by atoms with Crippen molar-refractivity contribution in [3.8, 4) is 0 Å². The number of alkyl halides is 3. The van der Waals surface area contributed by atoms with E-state index in [1.54, 1.807) is 12.4 Å². The molecule has 0 N–H and O–H groups in total. The third-order valence-corrected chi connectivity index (χ3v) is 6.97. The highest BCUT2D eigenvalue weighted by Crippen LogP contribution is 2.30. The van der Waals surface area contributed by atoms with Crippen molar-refractivity contribution in [3.63, 3.8) is 0 Å². The lowest BCUT2D eigenvalue weighted by atomic mass is 10.2. The number of amides is 1. The summed E-state index contributed by atoms with van der Waals surface area (Å²) in [4.78, 5) is 18.4. The molecule has 1 aliphatic rings. The second-order valence-electron chi connectivity index (χ2n) is 7.18. The Labute approximate surface area is 176 Å². The van der Waals surface area contributed by atoms with Gasteiger partial charge in [0.05, 0.1) is 16.7 Å². The van der Waals surface area contributed by atoms with E-state index in [1.165, 1.54) is 15.6 Å². The van der Waals surface area contributed by atoms with E-state index in [-0.39, 0.29) is 37.0 Å². The van der Waals surface area contributed by atoms with Crippen molar-refractivity contribution in [2.45, 2.75) is 18.0 Å². The standard InChI is InChI=1S/C19H18F3N5O3S/c1-13-10-23-17-16(11-24-27(17)12-13)18(28)25-6-8-26(9-7-25)31(29,30)15-4-2-14(3-5-15)19(20,21)22/h2-5,10-12H,6-9H2,1H3. The van der Waals surface area contributed by atoms with E-state index < -0.39 is 21.8 Å². The summed E-state index contributed by atoms with van der Waals surface area (Å²) in [5, 5.41) is 4.13. The molecule has 1 saturated heterocycles. The number of piperazine rings is 1. The van der Waals surface area contributed by atoms with Crippen LogP contribution in [0.15, 0.2) is 47.8 Å². The van der Waals surface area contributed by atoms with Gasteiger partial charge in [-0.1, -0.05) is 0 Å². The number of hydrogen-bond donors (Lipinski definition) is 0. The van der Waals surface area contributed by atoms with Gasteiger partial charge in [-0.05, 0) is 36.8 Å². The fraction of sp³-hybridized carbons (Fsp3) is 0.316. The van der Waals surface area contributed by atoms with Gasteiger partial charge in [-0.15, -0.1) is 0 Å². The van der Waals surface area contributed by atoms with Crippen LogP contribution in [0.1, 0.15) is 21.5 Å². The van der Waals surface area contributed by atoms with Crippen molar-refractivity contribution in [3.05, 3.63) is 59.5 Å². The summed E-state index contributed by atoms with van der Waals surface area (Å²) in [6.45, 7) is 2.19. The lowest BCUT2D eigenvalue weighted by Crippen LogP contribution is -2.50. The zero-order valence-electron chi connectivity index (χ0n) is 16.4. The summed E-state index contributed by atoms with van der Waals surface area (Å²) < 4.78 is 66.4. The number of carbonyl (C=O) groups excluding carboxylic acids is 1. The first kappa shape index (κ1) is 21.2. The minimum atomic E-state index is -4.54. The molecule has 0 spiro atoms. The lowest BCUT2D eigenvalue weighted by Gasteiger charge is -2.33. The van der Waals surface area contributed by atoms with Gasteiger partial charge in [-0.2, -0.15) is 22.6 Å². The lowest BCUT2D eigenvalue weighted by molar-refractivity contribution is -0.137. The molecule has 1 aromatic carbocycles. The fourth-order valence-electron chi connectivity index (χ4n) is 3.39. The Morgan fingerprint density at radius 1 is 1.03 bits per heavy atom. The average Bonchev–Trinajstić information content (AvgIpc) is 3.15. The number of carbonyl (C=O) groups is 1. The van der Waals surface area contributed by atoms with Crippen molar-refractivity contribution in [2.75, 3.05) is 26.2 Å². The van der Waals surface area contributed by atoms with Crippen LogP contribution >= 0.6 is 0 Å². The first-order valence-electron chi connectivity index (χ1n) is 9.34. The van der Waals surface area contributed by atoms with Crippen LogP contribution in [0, 0.1) is 6.92 Å². The Morgan fingerprint density at radius 2 is 1.68 bits per heavy atom. The third-order valence-electron chi connectivity index (χ3n) is 5.06. The number of sulfonamides is 1. The molecule has 1 amide bonds. The van der Waals surface area contributed by atoms with E-state index in [4.69, 9.17) is 0 Å². The largest absolute Gasteiger partial charge is 0.416 e. The van der Waals surface area contributed by atoms with Gasteiger partial charge in [0, 0.05) is 38.6 Å². The zero-order chi connectivity index (χ0) is 22.4. The number of fused-ring (bicyclic) bond motifs is 1. The average molecular weight is 453 g/mol. The number of hydrogen-bond acceptors (Lipinski definition) is 5.